The Balaban J connectivity index is 2.20. The minimum Gasteiger partial charge on any atom is -0.390 e. The van der Waals surface area contributed by atoms with Crippen molar-refractivity contribution in [2.45, 2.75) is 32.5 Å². The summed E-state index contributed by atoms with van der Waals surface area (Å²) in [5.41, 5.74) is 0. The first-order valence-corrected chi connectivity index (χ1v) is 4.57. The molecule has 0 saturated carbocycles. The molecule has 2 unspecified atom stereocenters. The van der Waals surface area contributed by atoms with Gasteiger partial charge in [0, 0.05) is 13.2 Å². The molecule has 1 N–H and O–H groups in total. The molecule has 0 amide bonds. The van der Waals surface area contributed by atoms with E-state index in [1.165, 1.54) is 0 Å². The lowest BCUT2D eigenvalue weighted by atomic mass is 10.1. The highest BCUT2D eigenvalue weighted by atomic mass is 16.5. The van der Waals surface area contributed by atoms with Crippen LogP contribution in [0, 0.1) is 5.92 Å². The predicted molar refractivity (Wildman–Crippen MR) is 46.0 cm³/mol. The number of rotatable bonds is 3. The molecule has 0 radical (unpaired) electrons. The zero-order chi connectivity index (χ0) is 8.97. The molecule has 3 heteroatoms. The zero-order valence-corrected chi connectivity index (χ0v) is 7.82. The molecule has 0 aliphatic carbocycles. The van der Waals surface area contributed by atoms with Gasteiger partial charge in [0.1, 0.15) is 6.10 Å². The normalized spacial score (nSPS) is 31.0. The molecule has 1 fully saturated rings. The highest BCUT2D eigenvalue weighted by Crippen LogP contribution is 2.11. The molecular formula is C9H18O3. The van der Waals surface area contributed by atoms with E-state index in [9.17, 15) is 5.11 Å². The fourth-order valence-corrected chi connectivity index (χ4v) is 1.18. The van der Waals surface area contributed by atoms with Crippen LogP contribution in [0.3, 0.4) is 0 Å². The zero-order valence-electron chi connectivity index (χ0n) is 7.82. The van der Waals surface area contributed by atoms with E-state index in [-0.39, 0.29) is 12.2 Å². The molecule has 0 bridgehead atoms. The number of hydrogen-bond donors (Lipinski definition) is 1. The maximum absolute atomic E-state index is 9.48. The lowest BCUT2D eigenvalue weighted by Gasteiger charge is -2.28. The lowest BCUT2D eigenvalue weighted by molar-refractivity contribution is -0.121. The minimum absolute atomic E-state index is 0.110. The van der Waals surface area contributed by atoms with Crippen LogP contribution in [0.25, 0.3) is 0 Å². The van der Waals surface area contributed by atoms with Crippen LogP contribution in [0.15, 0.2) is 0 Å². The van der Waals surface area contributed by atoms with Crippen LogP contribution in [-0.2, 0) is 9.47 Å². The van der Waals surface area contributed by atoms with E-state index in [0.29, 0.717) is 32.2 Å². The number of aliphatic hydroxyl groups excluding tert-OH is 1. The molecule has 1 heterocycles. The van der Waals surface area contributed by atoms with Crippen LogP contribution in [0.4, 0.5) is 0 Å². The van der Waals surface area contributed by atoms with E-state index >= 15 is 0 Å². The van der Waals surface area contributed by atoms with Crippen molar-refractivity contribution in [1.82, 2.24) is 0 Å². The third-order valence-corrected chi connectivity index (χ3v) is 1.91. The maximum atomic E-state index is 9.48. The number of ether oxygens (including phenoxy) is 2. The molecule has 0 aromatic heterocycles. The van der Waals surface area contributed by atoms with Crippen molar-refractivity contribution in [3.8, 4) is 0 Å². The number of aliphatic hydroxyl groups is 1. The quantitative estimate of drug-likeness (QED) is 0.688. The fraction of sp³-hybridized carbons (Fsp3) is 1.00. The van der Waals surface area contributed by atoms with Crippen molar-refractivity contribution < 1.29 is 14.6 Å². The molecule has 1 aliphatic rings. The Morgan fingerprint density at radius 3 is 2.92 bits per heavy atom. The van der Waals surface area contributed by atoms with Gasteiger partial charge in [-0.3, -0.25) is 0 Å². The predicted octanol–water partition coefficient (Wildman–Crippen LogP) is 0.809. The van der Waals surface area contributed by atoms with Crippen LogP contribution in [0.2, 0.25) is 0 Å². The summed E-state index contributed by atoms with van der Waals surface area (Å²) < 4.78 is 10.7. The van der Waals surface area contributed by atoms with Gasteiger partial charge in [-0.15, -0.1) is 0 Å². The fourth-order valence-electron chi connectivity index (χ4n) is 1.18. The van der Waals surface area contributed by atoms with Gasteiger partial charge in [0.25, 0.3) is 0 Å². The highest BCUT2D eigenvalue weighted by molar-refractivity contribution is 4.72. The summed E-state index contributed by atoms with van der Waals surface area (Å²) in [6.07, 6.45) is 0.251. The molecule has 3 nitrogen and oxygen atoms in total. The van der Waals surface area contributed by atoms with E-state index in [4.69, 9.17) is 9.47 Å². The van der Waals surface area contributed by atoms with Gasteiger partial charge in [-0.2, -0.15) is 0 Å². The highest BCUT2D eigenvalue weighted by Gasteiger charge is 2.24. The molecule has 72 valence electrons. The Bertz CT molecular complexity index is 125. The van der Waals surface area contributed by atoms with Crippen LogP contribution >= 0.6 is 0 Å². The molecule has 0 aromatic carbocycles. The summed E-state index contributed by atoms with van der Waals surface area (Å²) in [6.45, 7) is 6.08. The Kier molecular flexibility index (Phi) is 3.98. The monoisotopic (exact) mass is 174 g/mol. The van der Waals surface area contributed by atoms with Crippen molar-refractivity contribution in [2.24, 2.45) is 5.92 Å². The first-order valence-electron chi connectivity index (χ1n) is 4.57. The Morgan fingerprint density at radius 1 is 1.58 bits per heavy atom. The molecule has 1 aliphatic heterocycles. The molecule has 1 saturated heterocycles. The molecule has 12 heavy (non-hydrogen) atoms. The van der Waals surface area contributed by atoms with Gasteiger partial charge >= 0.3 is 0 Å². The van der Waals surface area contributed by atoms with Gasteiger partial charge < -0.3 is 14.6 Å². The molecular weight excluding hydrogens is 156 g/mol. The second-order valence-electron chi connectivity index (χ2n) is 3.70. The second kappa shape index (κ2) is 4.80. The third-order valence-electron chi connectivity index (χ3n) is 1.91. The summed E-state index contributed by atoms with van der Waals surface area (Å²) >= 11 is 0. The standard InChI is InChI=1S/C9H18O3/c1-7(2)5-12-9-6-11-4-3-8(9)10/h7-10H,3-6H2,1-2H3. The van der Waals surface area contributed by atoms with Gasteiger partial charge in [0.15, 0.2) is 0 Å². The van der Waals surface area contributed by atoms with Crippen LogP contribution in [0.5, 0.6) is 0 Å². The molecule has 2 atom stereocenters. The van der Waals surface area contributed by atoms with Gasteiger partial charge in [-0.25, -0.2) is 0 Å². The Labute approximate surface area is 73.7 Å². The third kappa shape index (κ3) is 3.09. The van der Waals surface area contributed by atoms with Crippen molar-refractivity contribution in [1.29, 1.82) is 0 Å². The van der Waals surface area contributed by atoms with Gasteiger partial charge in [-0.05, 0) is 12.3 Å². The lowest BCUT2D eigenvalue weighted by Crippen LogP contribution is -2.39. The van der Waals surface area contributed by atoms with Gasteiger partial charge in [0.2, 0.25) is 0 Å². The minimum atomic E-state index is -0.336. The number of hydrogen-bond acceptors (Lipinski definition) is 3. The second-order valence-corrected chi connectivity index (χ2v) is 3.70. The van der Waals surface area contributed by atoms with E-state index in [0.717, 1.165) is 0 Å². The van der Waals surface area contributed by atoms with Crippen LogP contribution in [0.1, 0.15) is 20.3 Å². The molecule has 1 rings (SSSR count). The summed E-state index contributed by atoms with van der Waals surface area (Å²) in [4.78, 5) is 0. The van der Waals surface area contributed by atoms with E-state index in [1.807, 2.05) is 0 Å². The smallest absolute Gasteiger partial charge is 0.107 e. The molecule has 0 aromatic rings. The summed E-state index contributed by atoms with van der Waals surface area (Å²) in [5.74, 6) is 0.513. The average Bonchev–Trinajstić information content (AvgIpc) is 2.03. The van der Waals surface area contributed by atoms with Gasteiger partial charge in [-0.1, -0.05) is 13.8 Å². The van der Waals surface area contributed by atoms with E-state index < -0.39 is 0 Å². The van der Waals surface area contributed by atoms with Crippen molar-refractivity contribution in [3.63, 3.8) is 0 Å². The Morgan fingerprint density at radius 2 is 2.33 bits per heavy atom. The average molecular weight is 174 g/mol. The van der Waals surface area contributed by atoms with E-state index in [1.54, 1.807) is 0 Å². The van der Waals surface area contributed by atoms with Crippen molar-refractivity contribution in [3.05, 3.63) is 0 Å². The van der Waals surface area contributed by atoms with Crippen molar-refractivity contribution >= 4 is 0 Å². The maximum Gasteiger partial charge on any atom is 0.107 e. The van der Waals surface area contributed by atoms with Crippen LogP contribution in [-0.4, -0.2) is 37.1 Å². The van der Waals surface area contributed by atoms with Crippen molar-refractivity contribution in [2.75, 3.05) is 19.8 Å². The molecule has 0 spiro atoms. The first-order chi connectivity index (χ1) is 5.70. The summed E-state index contributed by atoms with van der Waals surface area (Å²) in [5, 5.41) is 9.48. The largest absolute Gasteiger partial charge is 0.390 e. The Hall–Kier alpha value is -0.120. The summed E-state index contributed by atoms with van der Waals surface area (Å²) in [7, 11) is 0. The topological polar surface area (TPSA) is 38.7 Å². The van der Waals surface area contributed by atoms with Gasteiger partial charge in [0.05, 0.1) is 12.7 Å². The van der Waals surface area contributed by atoms with Crippen LogP contribution < -0.4 is 0 Å². The van der Waals surface area contributed by atoms with E-state index in [2.05, 4.69) is 13.8 Å². The summed E-state index contributed by atoms with van der Waals surface area (Å²) in [6, 6.07) is 0. The first kappa shape index (κ1) is 9.96. The SMILES string of the molecule is CC(C)COC1COCCC1O.